The highest BCUT2D eigenvalue weighted by Crippen LogP contribution is 2.32. The van der Waals surface area contributed by atoms with Gasteiger partial charge in [-0.25, -0.2) is 17.5 Å². The summed E-state index contributed by atoms with van der Waals surface area (Å²) in [6, 6.07) is 6.09. The maximum absolute atomic E-state index is 13.3. The minimum absolute atomic E-state index is 0.0392. The summed E-state index contributed by atoms with van der Waals surface area (Å²) < 4.78 is 79.7. The van der Waals surface area contributed by atoms with Gasteiger partial charge in [-0.05, 0) is 48.7 Å². The van der Waals surface area contributed by atoms with Crippen molar-refractivity contribution < 1.29 is 30.8 Å². The van der Waals surface area contributed by atoms with E-state index in [0.717, 1.165) is 29.8 Å². The number of halogens is 4. The molecule has 0 bridgehead atoms. The smallest absolute Gasteiger partial charge is 0.341 e. The highest BCUT2D eigenvalue weighted by molar-refractivity contribution is 7.89. The van der Waals surface area contributed by atoms with Gasteiger partial charge < -0.3 is 5.32 Å². The second kappa shape index (κ2) is 8.91. The van der Waals surface area contributed by atoms with Gasteiger partial charge in [0.2, 0.25) is 15.9 Å². The van der Waals surface area contributed by atoms with Gasteiger partial charge in [-0.2, -0.15) is 13.2 Å². The second-order valence-electron chi connectivity index (χ2n) is 6.51. The highest BCUT2D eigenvalue weighted by Gasteiger charge is 2.41. The third kappa shape index (κ3) is 6.26. The third-order valence-corrected chi connectivity index (χ3v) is 5.72. The SMILES string of the molecule is Cc1ccc(C)c(S(=O)(=O)NCCC(=O)NC(c2ccc(F)cc2)C(F)(F)F)c1. The van der Waals surface area contributed by atoms with E-state index in [1.807, 2.05) is 5.32 Å². The molecule has 1 amide bonds. The predicted molar refractivity (Wildman–Crippen MR) is 99.1 cm³/mol. The van der Waals surface area contributed by atoms with Crippen LogP contribution in [-0.2, 0) is 14.8 Å². The number of aryl methyl sites for hydroxylation is 2. The molecule has 2 aromatic carbocycles. The molecule has 1 unspecified atom stereocenters. The standard InChI is InChI=1S/C19H20F4N2O3S/c1-12-3-4-13(2)16(11-12)29(27,28)24-10-9-17(26)25-18(19(21,22)23)14-5-7-15(20)8-6-14/h3-8,11,18,24H,9-10H2,1-2H3,(H,25,26). The van der Waals surface area contributed by atoms with Gasteiger partial charge in [0.25, 0.3) is 0 Å². The Balaban J connectivity index is 2.02. The van der Waals surface area contributed by atoms with Crippen molar-refractivity contribution in [2.45, 2.75) is 37.4 Å². The van der Waals surface area contributed by atoms with Crippen molar-refractivity contribution in [2.24, 2.45) is 0 Å². The van der Waals surface area contributed by atoms with Crippen molar-refractivity contribution in [3.8, 4) is 0 Å². The van der Waals surface area contributed by atoms with Gasteiger partial charge in [0.15, 0.2) is 6.04 Å². The van der Waals surface area contributed by atoms with Crippen LogP contribution in [-0.4, -0.2) is 27.0 Å². The zero-order valence-electron chi connectivity index (χ0n) is 15.7. The molecule has 0 aliphatic rings. The summed E-state index contributed by atoms with van der Waals surface area (Å²) >= 11 is 0. The molecule has 1 atom stereocenters. The van der Waals surface area contributed by atoms with E-state index in [2.05, 4.69) is 4.72 Å². The van der Waals surface area contributed by atoms with Gasteiger partial charge in [0, 0.05) is 13.0 Å². The van der Waals surface area contributed by atoms with Crippen LogP contribution in [0.15, 0.2) is 47.4 Å². The summed E-state index contributed by atoms with van der Waals surface area (Å²) in [5.41, 5.74) is 0.894. The molecule has 2 N–H and O–H groups in total. The number of sulfonamides is 1. The molecule has 0 heterocycles. The first-order valence-electron chi connectivity index (χ1n) is 8.58. The van der Waals surface area contributed by atoms with E-state index in [0.29, 0.717) is 5.56 Å². The summed E-state index contributed by atoms with van der Waals surface area (Å²) in [5.74, 6) is -1.71. The first-order valence-corrected chi connectivity index (χ1v) is 10.1. The molecule has 10 heteroatoms. The number of nitrogens with one attached hydrogen (secondary N) is 2. The average Bonchev–Trinajstić information content (AvgIpc) is 2.61. The van der Waals surface area contributed by atoms with Gasteiger partial charge in [-0.15, -0.1) is 0 Å². The van der Waals surface area contributed by atoms with Gasteiger partial charge in [0.05, 0.1) is 4.90 Å². The van der Waals surface area contributed by atoms with E-state index in [-0.39, 0.29) is 17.0 Å². The molecule has 0 aliphatic carbocycles. The number of benzene rings is 2. The molecule has 5 nitrogen and oxygen atoms in total. The van der Waals surface area contributed by atoms with Gasteiger partial charge in [0.1, 0.15) is 5.82 Å². The molecule has 0 aromatic heterocycles. The van der Waals surface area contributed by atoms with Gasteiger partial charge >= 0.3 is 6.18 Å². The maximum atomic E-state index is 13.3. The Labute approximate surface area is 166 Å². The van der Waals surface area contributed by atoms with E-state index in [1.54, 1.807) is 26.0 Å². The zero-order chi connectivity index (χ0) is 21.8. The Morgan fingerprint density at radius 3 is 2.28 bits per heavy atom. The number of hydrogen-bond acceptors (Lipinski definition) is 3. The quantitative estimate of drug-likeness (QED) is 0.658. The van der Waals surface area contributed by atoms with Gasteiger partial charge in [-0.3, -0.25) is 4.79 Å². The minimum atomic E-state index is -4.80. The number of alkyl halides is 3. The first kappa shape index (κ1) is 22.8. The number of rotatable bonds is 7. The molecule has 0 saturated heterocycles. The number of amides is 1. The Morgan fingerprint density at radius 2 is 1.69 bits per heavy atom. The molecule has 0 spiro atoms. The zero-order valence-corrected chi connectivity index (χ0v) is 16.5. The summed E-state index contributed by atoms with van der Waals surface area (Å²) in [6.45, 7) is 2.95. The van der Waals surface area contributed by atoms with Crippen LogP contribution >= 0.6 is 0 Å². The largest absolute Gasteiger partial charge is 0.412 e. The summed E-state index contributed by atoms with van der Waals surface area (Å²) in [4.78, 5) is 12.0. The molecule has 0 radical (unpaired) electrons. The van der Waals surface area contributed by atoms with Crippen LogP contribution in [0.5, 0.6) is 0 Å². The number of hydrogen-bond donors (Lipinski definition) is 2. The molecule has 0 fully saturated rings. The summed E-state index contributed by atoms with van der Waals surface area (Å²) in [7, 11) is -3.92. The van der Waals surface area contributed by atoms with Crippen molar-refractivity contribution in [2.75, 3.05) is 6.54 Å². The van der Waals surface area contributed by atoms with Crippen LogP contribution in [0.2, 0.25) is 0 Å². The molecule has 0 saturated carbocycles. The Hall–Kier alpha value is -2.46. The number of carbonyl (C=O) groups excluding carboxylic acids is 1. The van der Waals surface area contributed by atoms with Gasteiger partial charge in [-0.1, -0.05) is 24.3 Å². The van der Waals surface area contributed by atoms with E-state index in [9.17, 15) is 30.8 Å². The lowest BCUT2D eigenvalue weighted by molar-refractivity contribution is -0.163. The van der Waals surface area contributed by atoms with Crippen LogP contribution in [0.4, 0.5) is 17.6 Å². The van der Waals surface area contributed by atoms with Crippen molar-refractivity contribution >= 4 is 15.9 Å². The van der Waals surface area contributed by atoms with Crippen molar-refractivity contribution in [1.82, 2.24) is 10.0 Å². The van der Waals surface area contributed by atoms with Crippen LogP contribution < -0.4 is 10.0 Å². The fraction of sp³-hybridized carbons (Fsp3) is 0.316. The highest BCUT2D eigenvalue weighted by atomic mass is 32.2. The Bertz CT molecular complexity index is 974. The van der Waals surface area contributed by atoms with Crippen LogP contribution in [0.25, 0.3) is 0 Å². The summed E-state index contributed by atoms with van der Waals surface area (Å²) in [6.07, 6.45) is -5.30. The lowest BCUT2D eigenvalue weighted by Crippen LogP contribution is -2.39. The molecule has 2 aromatic rings. The van der Waals surface area contributed by atoms with Crippen LogP contribution in [0.3, 0.4) is 0 Å². The van der Waals surface area contributed by atoms with E-state index in [1.165, 1.54) is 6.07 Å². The number of carbonyl (C=O) groups is 1. The summed E-state index contributed by atoms with van der Waals surface area (Å²) in [5, 5.41) is 1.82. The predicted octanol–water partition coefficient (Wildman–Crippen LogP) is 3.53. The fourth-order valence-corrected chi connectivity index (χ4v) is 3.98. The van der Waals surface area contributed by atoms with E-state index >= 15 is 0 Å². The van der Waals surface area contributed by atoms with Crippen molar-refractivity contribution in [3.63, 3.8) is 0 Å². The van der Waals surface area contributed by atoms with E-state index in [4.69, 9.17) is 0 Å². The normalized spacial score (nSPS) is 13.2. The Morgan fingerprint density at radius 1 is 1.07 bits per heavy atom. The Kier molecular flexibility index (Phi) is 7.02. The maximum Gasteiger partial charge on any atom is 0.412 e. The molecule has 2 rings (SSSR count). The van der Waals surface area contributed by atoms with Crippen LogP contribution in [0.1, 0.15) is 29.2 Å². The molecular weight excluding hydrogens is 412 g/mol. The van der Waals surface area contributed by atoms with Crippen LogP contribution in [0, 0.1) is 19.7 Å². The monoisotopic (exact) mass is 432 g/mol. The molecule has 0 aliphatic heterocycles. The molecule has 29 heavy (non-hydrogen) atoms. The first-order chi connectivity index (χ1) is 13.4. The van der Waals surface area contributed by atoms with Crippen molar-refractivity contribution in [1.29, 1.82) is 0 Å². The lowest BCUT2D eigenvalue weighted by Gasteiger charge is -2.22. The van der Waals surface area contributed by atoms with Crippen molar-refractivity contribution in [3.05, 3.63) is 65.0 Å². The molecule has 158 valence electrons. The van der Waals surface area contributed by atoms with E-state index < -0.39 is 40.4 Å². The fourth-order valence-electron chi connectivity index (χ4n) is 2.62. The average molecular weight is 432 g/mol. The minimum Gasteiger partial charge on any atom is -0.341 e. The topological polar surface area (TPSA) is 75.3 Å². The third-order valence-electron chi connectivity index (χ3n) is 4.11. The molecular formula is C19H20F4N2O3S. The lowest BCUT2D eigenvalue weighted by atomic mass is 10.1. The second-order valence-corrected chi connectivity index (χ2v) is 8.25.